The van der Waals surface area contributed by atoms with Gasteiger partial charge >= 0.3 is 6.03 Å². The summed E-state index contributed by atoms with van der Waals surface area (Å²) in [5.74, 6) is 0.980. The van der Waals surface area contributed by atoms with Crippen LogP contribution in [0, 0.1) is 11.3 Å². The lowest BCUT2D eigenvalue weighted by atomic mass is 9.71. The molecule has 10 heteroatoms. The van der Waals surface area contributed by atoms with Crippen LogP contribution in [0.5, 0.6) is 5.75 Å². The predicted molar refractivity (Wildman–Crippen MR) is 163 cm³/mol. The van der Waals surface area contributed by atoms with E-state index in [4.69, 9.17) is 4.74 Å². The molecule has 42 heavy (non-hydrogen) atoms. The number of fused-ring (bicyclic) bond motifs is 1. The quantitative estimate of drug-likeness (QED) is 0.311. The summed E-state index contributed by atoms with van der Waals surface area (Å²) in [5.41, 5.74) is 3.61. The van der Waals surface area contributed by atoms with Crippen LogP contribution >= 0.6 is 0 Å². The van der Waals surface area contributed by atoms with Gasteiger partial charge in [0.1, 0.15) is 5.75 Å². The van der Waals surface area contributed by atoms with Crippen LogP contribution in [0.25, 0.3) is 0 Å². The molecule has 0 saturated heterocycles. The summed E-state index contributed by atoms with van der Waals surface area (Å²) in [6, 6.07) is 13.4. The SMILES string of the molecule is CC(C)(C)c1ccc(NC(=O)N(C2CCC(C(C)(C)C)CC2)C2CCOc3cc(C(=O)Nc4nn[nH]n4)ccc32)cc1. The van der Waals surface area contributed by atoms with Crippen LogP contribution < -0.4 is 15.4 Å². The Hall–Kier alpha value is -3.95. The number of carbonyl (C=O) groups is 2. The molecule has 1 fully saturated rings. The number of anilines is 2. The number of rotatable bonds is 5. The van der Waals surface area contributed by atoms with Crippen molar-refractivity contribution in [3.8, 4) is 5.75 Å². The fourth-order valence-electron chi connectivity index (χ4n) is 6.21. The monoisotopic (exact) mass is 573 g/mol. The van der Waals surface area contributed by atoms with E-state index in [2.05, 4.69) is 89.8 Å². The number of nitrogens with one attached hydrogen (secondary N) is 3. The van der Waals surface area contributed by atoms with Crippen molar-refractivity contribution in [2.45, 2.75) is 91.1 Å². The molecule has 1 aliphatic carbocycles. The van der Waals surface area contributed by atoms with Crippen molar-refractivity contribution < 1.29 is 14.3 Å². The van der Waals surface area contributed by atoms with Crippen molar-refractivity contribution in [1.82, 2.24) is 25.5 Å². The second-order valence-electron chi connectivity index (χ2n) is 13.6. The van der Waals surface area contributed by atoms with Crippen molar-refractivity contribution >= 4 is 23.6 Å². The molecule has 2 aromatic carbocycles. The van der Waals surface area contributed by atoms with E-state index in [0.29, 0.717) is 30.3 Å². The van der Waals surface area contributed by atoms with Crippen LogP contribution in [0.4, 0.5) is 16.4 Å². The summed E-state index contributed by atoms with van der Waals surface area (Å²) in [4.78, 5) is 29.0. The van der Waals surface area contributed by atoms with Crippen molar-refractivity contribution in [3.63, 3.8) is 0 Å². The van der Waals surface area contributed by atoms with Gasteiger partial charge in [0, 0.05) is 29.3 Å². The molecule has 0 radical (unpaired) electrons. The average molecular weight is 574 g/mol. The number of tetrazole rings is 1. The molecule has 3 amide bonds. The lowest BCUT2D eigenvalue weighted by Gasteiger charge is -2.45. The minimum Gasteiger partial charge on any atom is -0.493 e. The molecule has 3 N–H and O–H groups in total. The van der Waals surface area contributed by atoms with E-state index < -0.39 is 0 Å². The average Bonchev–Trinajstić information content (AvgIpc) is 3.46. The Morgan fingerprint density at radius 3 is 2.26 bits per heavy atom. The predicted octanol–water partition coefficient (Wildman–Crippen LogP) is 6.71. The van der Waals surface area contributed by atoms with Crippen LogP contribution in [0.2, 0.25) is 0 Å². The molecule has 1 aliphatic heterocycles. The first kappa shape index (κ1) is 29.5. The molecule has 1 saturated carbocycles. The topological polar surface area (TPSA) is 125 Å². The van der Waals surface area contributed by atoms with Gasteiger partial charge in [-0.2, -0.15) is 5.21 Å². The third-order valence-electron chi connectivity index (χ3n) is 8.74. The maximum atomic E-state index is 14.1. The molecular formula is C32H43N7O3. The number of H-pyrrole nitrogens is 1. The lowest BCUT2D eigenvalue weighted by molar-refractivity contribution is 0.0768. The number of amides is 3. The van der Waals surface area contributed by atoms with Gasteiger partial charge in [-0.25, -0.2) is 4.79 Å². The van der Waals surface area contributed by atoms with E-state index in [-0.39, 0.29) is 40.8 Å². The molecule has 1 atom stereocenters. The number of urea groups is 1. The number of ether oxygens (including phenoxy) is 1. The van der Waals surface area contributed by atoms with E-state index in [1.807, 2.05) is 18.2 Å². The molecule has 2 aliphatic rings. The van der Waals surface area contributed by atoms with Crippen LogP contribution in [-0.4, -0.2) is 50.1 Å². The van der Waals surface area contributed by atoms with Crippen LogP contribution in [0.15, 0.2) is 42.5 Å². The van der Waals surface area contributed by atoms with E-state index in [1.165, 1.54) is 5.56 Å². The van der Waals surface area contributed by atoms with Gasteiger partial charge in [0.05, 0.1) is 12.6 Å². The first-order chi connectivity index (χ1) is 19.9. The second kappa shape index (κ2) is 11.7. The highest BCUT2D eigenvalue weighted by Crippen LogP contribution is 2.44. The number of aromatic amines is 1. The maximum absolute atomic E-state index is 14.1. The van der Waals surface area contributed by atoms with E-state index in [1.54, 1.807) is 12.1 Å². The number of hydrogen-bond acceptors (Lipinski definition) is 6. The van der Waals surface area contributed by atoms with Crippen molar-refractivity contribution in [1.29, 1.82) is 0 Å². The van der Waals surface area contributed by atoms with Gasteiger partial charge in [0.25, 0.3) is 11.9 Å². The third-order valence-corrected chi connectivity index (χ3v) is 8.74. The second-order valence-corrected chi connectivity index (χ2v) is 13.6. The van der Waals surface area contributed by atoms with Gasteiger partial charge in [-0.1, -0.05) is 64.8 Å². The number of aromatic nitrogens is 4. The Morgan fingerprint density at radius 1 is 0.929 bits per heavy atom. The Kier molecular flexibility index (Phi) is 8.25. The fraction of sp³-hybridized carbons (Fsp3) is 0.531. The summed E-state index contributed by atoms with van der Waals surface area (Å²) in [6.07, 6.45) is 4.76. The van der Waals surface area contributed by atoms with Crippen molar-refractivity contribution in [3.05, 3.63) is 59.2 Å². The first-order valence-corrected chi connectivity index (χ1v) is 14.9. The summed E-state index contributed by atoms with van der Waals surface area (Å²) in [7, 11) is 0. The van der Waals surface area contributed by atoms with Gasteiger partial charge in [-0.05, 0) is 77.5 Å². The summed E-state index contributed by atoms with van der Waals surface area (Å²) >= 11 is 0. The smallest absolute Gasteiger partial charge is 0.322 e. The zero-order valence-electron chi connectivity index (χ0n) is 25.5. The molecule has 5 rings (SSSR count). The van der Waals surface area contributed by atoms with Crippen molar-refractivity contribution in [2.24, 2.45) is 11.3 Å². The molecule has 10 nitrogen and oxygen atoms in total. The molecular weight excluding hydrogens is 530 g/mol. The molecule has 2 heterocycles. The van der Waals surface area contributed by atoms with E-state index in [9.17, 15) is 9.59 Å². The van der Waals surface area contributed by atoms with Gasteiger partial charge in [0.2, 0.25) is 0 Å². The lowest BCUT2D eigenvalue weighted by Crippen LogP contribution is -2.48. The highest BCUT2D eigenvalue weighted by molar-refractivity contribution is 6.03. The normalized spacial score (nSPS) is 20.7. The summed E-state index contributed by atoms with van der Waals surface area (Å²) in [5, 5.41) is 19.2. The summed E-state index contributed by atoms with van der Waals surface area (Å²) in [6.45, 7) is 13.9. The van der Waals surface area contributed by atoms with Gasteiger partial charge < -0.3 is 15.0 Å². The van der Waals surface area contributed by atoms with E-state index in [0.717, 1.165) is 36.9 Å². The minimum absolute atomic E-state index is 0.0351. The third kappa shape index (κ3) is 6.58. The number of nitrogens with zero attached hydrogens (tertiary/aromatic N) is 4. The van der Waals surface area contributed by atoms with Gasteiger partial charge in [-0.15, -0.1) is 5.10 Å². The van der Waals surface area contributed by atoms with Gasteiger partial charge in [-0.3, -0.25) is 10.1 Å². The van der Waals surface area contributed by atoms with Gasteiger partial charge in [0.15, 0.2) is 0 Å². The largest absolute Gasteiger partial charge is 0.493 e. The molecule has 1 aromatic heterocycles. The number of carbonyl (C=O) groups excluding carboxylic acids is 2. The Balaban J connectivity index is 1.41. The zero-order valence-corrected chi connectivity index (χ0v) is 25.5. The Labute approximate surface area is 248 Å². The van der Waals surface area contributed by atoms with Crippen molar-refractivity contribution in [2.75, 3.05) is 17.2 Å². The van der Waals surface area contributed by atoms with Crippen LogP contribution in [-0.2, 0) is 5.41 Å². The zero-order chi connectivity index (χ0) is 30.1. The summed E-state index contributed by atoms with van der Waals surface area (Å²) < 4.78 is 6.03. The standard InChI is InChI=1S/C32H43N7O3/c1-31(2,3)21-8-12-23(13-9-21)33-30(41)39(24-14-10-22(11-15-24)32(4,5)6)26-17-18-42-27-19-20(7-16-25(26)27)28(40)34-29-35-37-38-36-29/h7-9,12-13,16,19,22,24,26H,10-11,14-15,17-18H2,1-6H3,(H,33,41)(H2,34,35,36,37,38,40). The fourth-order valence-corrected chi connectivity index (χ4v) is 6.21. The van der Waals surface area contributed by atoms with Crippen LogP contribution in [0.3, 0.4) is 0 Å². The highest BCUT2D eigenvalue weighted by atomic mass is 16.5. The Bertz CT molecular complexity index is 1380. The van der Waals surface area contributed by atoms with E-state index >= 15 is 0 Å². The molecule has 1 unspecified atom stereocenters. The first-order valence-electron chi connectivity index (χ1n) is 14.9. The molecule has 0 spiro atoms. The Morgan fingerprint density at radius 2 is 1.64 bits per heavy atom. The maximum Gasteiger partial charge on any atom is 0.322 e. The van der Waals surface area contributed by atoms with Crippen LogP contribution in [0.1, 0.15) is 101 Å². The molecule has 3 aromatic rings. The minimum atomic E-state index is -0.362. The highest BCUT2D eigenvalue weighted by Gasteiger charge is 2.39. The molecule has 0 bridgehead atoms. The number of hydrogen-bond donors (Lipinski definition) is 3. The number of benzene rings is 2. The molecule has 224 valence electrons.